The smallest absolute Gasteiger partial charge is 0.354 e. The number of fused-ring (bicyclic) bond motifs is 3. The predicted molar refractivity (Wildman–Crippen MR) is 144 cm³/mol. The number of aromatic carboxylic acids is 1. The molecule has 1 aromatic carbocycles. The number of carboxylic acids is 2. The maximum Gasteiger partial charge on any atom is 0.354 e. The Morgan fingerprint density at radius 3 is 2.46 bits per heavy atom. The standard InChI is InChI=1S/C30H31FN2O6/c1-16(2)28-23(11-10-20(34)13-21(35)14-26(36)37)27(17-6-8-19(31)9-7-17)22-5-3-4-18-12-25(30(38)39)32-15-24(18)29(22)33-28/h6-12,15-16,20-21,34-35H,3-5,13-14H2,1-2H3,(H,36,37)(H,38,39)/b11-10+/t20-,21-/m1/s1. The Hall–Kier alpha value is -3.95. The quantitative estimate of drug-likeness (QED) is 0.305. The van der Waals surface area contributed by atoms with E-state index in [1.165, 1.54) is 18.2 Å². The molecule has 4 N–H and O–H groups in total. The zero-order chi connectivity index (χ0) is 28.3. The highest BCUT2D eigenvalue weighted by atomic mass is 19.1. The van der Waals surface area contributed by atoms with Crippen molar-refractivity contribution in [3.8, 4) is 22.4 Å². The van der Waals surface area contributed by atoms with Gasteiger partial charge in [0, 0.05) is 23.7 Å². The summed E-state index contributed by atoms with van der Waals surface area (Å²) in [4.78, 5) is 31.6. The Morgan fingerprint density at radius 2 is 1.82 bits per heavy atom. The lowest BCUT2D eigenvalue weighted by atomic mass is 9.86. The third-order valence-electron chi connectivity index (χ3n) is 6.79. The molecule has 0 saturated heterocycles. The van der Waals surface area contributed by atoms with Crippen LogP contribution in [-0.4, -0.2) is 54.5 Å². The van der Waals surface area contributed by atoms with Crippen molar-refractivity contribution in [2.75, 3.05) is 0 Å². The average Bonchev–Trinajstić information content (AvgIpc) is 3.05. The van der Waals surface area contributed by atoms with Gasteiger partial charge < -0.3 is 20.4 Å². The molecule has 204 valence electrons. The molecule has 9 heteroatoms. The Bertz CT molecular complexity index is 1420. The van der Waals surface area contributed by atoms with E-state index in [1.54, 1.807) is 30.5 Å². The molecule has 8 nitrogen and oxygen atoms in total. The van der Waals surface area contributed by atoms with Crippen molar-refractivity contribution in [2.45, 2.75) is 64.1 Å². The number of rotatable bonds is 9. The Balaban J connectivity index is 1.92. The third kappa shape index (κ3) is 6.38. The largest absolute Gasteiger partial charge is 0.481 e. The van der Waals surface area contributed by atoms with Crippen molar-refractivity contribution in [2.24, 2.45) is 0 Å². The number of carbonyl (C=O) groups is 2. The van der Waals surface area contributed by atoms with E-state index < -0.39 is 30.6 Å². The fourth-order valence-corrected chi connectivity index (χ4v) is 5.02. The number of aryl methyl sites for hydroxylation is 1. The number of hydrogen-bond acceptors (Lipinski definition) is 6. The van der Waals surface area contributed by atoms with E-state index in [-0.39, 0.29) is 23.8 Å². The SMILES string of the molecule is CC(C)c1nc2c(c(-c3ccc(F)cc3)c1/C=C/[C@@H](O)C[C@@H](O)CC(=O)O)CCCc1cc(C(=O)O)ncc1-2. The van der Waals surface area contributed by atoms with Crippen molar-refractivity contribution in [3.63, 3.8) is 0 Å². The van der Waals surface area contributed by atoms with Gasteiger partial charge in [-0.3, -0.25) is 9.78 Å². The molecule has 0 bridgehead atoms. The molecule has 0 radical (unpaired) electrons. The van der Waals surface area contributed by atoms with Crippen molar-refractivity contribution < 1.29 is 34.4 Å². The summed E-state index contributed by atoms with van der Waals surface area (Å²) in [7, 11) is 0. The monoisotopic (exact) mass is 534 g/mol. The van der Waals surface area contributed by atoms with Crippen LogP contribution in [0.5, 0.6) is 0 Å². The van der Waals surface area contributed by atoms with Gasteiger partial charge in [-0.25, -0.2) is 14.2 Å². The lowest BCUT2D eigenvalue weighted by Gasteiger charge is -2.22. The molecule has 39 heavy (non-hydrogen) atoms. The zero-order valence-electron chi connectivity index (χ0n) is 21.8. The van der Waals surface area contributed by atoms with E-state index in [1.807, 2.05) is 13.8 Å². The lowest BCUT2D eigenvalue weighted by Crippen LogP contribution is -2.19. The highest BCUT2D eigenvalue weighted by Crippen LogP contribution is 2.42. The van der Waals surface area contributed by atoms with Crippen molar-refractivity contribution >= 4 is 18.0 Å². The number of halogens is 1. The molecule has 0 unspecified atom stereocenters. The predicted octanol–water partition coefficient (Wildman–Crippen LogP) is 4.86. The summed E-state index contributed by atoms with van der Waals surface area (Å²) in [5.74, 6) is -2.68. The Labute approximate surface area is 225 Å². The van der Waals surface area contributed by atoms with E-state index in [0.717, 1.165) is 45.5 Å². The number of pyridine rings is 2. The van der Waals surface area contributed by atoms with Gasteiger partial charge in [0.15, 0.2) is 0 Å². The van der Waals surface area contributed by atoms with Crippen molar-refractivity contribution in [3.05, 3.63) is 76.5 Å². The summed E-state index contributed by atoms with van der Waals surface area (Å²) in [6.07, 6.45) is 3.88. The minimum Gasteiger partial charge on any atom is -0.481 e. The molecule has 4 rings (SSSR count). The summed E-state index contributed by atoms with van der Waals surface area (Å²) in [5.41, 5.74) is 6.23. The minimum atomic E-state index is -1.20. The molecule has 0 spiro atoms. The van der Waals surface area contributed by atoms with Crippen LogP contribution in [0.4, 0.5) is 4.39 Å². The zero-order valence-corrected chi connectivity index (χ0v) is 21.8. The summed E-state index contributed by atoms with van der Waals surface area (Å²) < 4.78 is 13.9. The summed E-state index contributed by atoms with van der Waals surface area (Å²) >= 11 is 0. The summed E-state index contributed by atoms with van der Waals surface area (Å²) in [5, 5.41) is 38.8. The maximum absolute atomic E-state index is 13.9. The van der Waals surface area contributed by atoms with E-state index in [0.29, 0.717) is 18.5 Å². The number of hydrogen-bond donors (Lipinski definition) is 4. The number of aliphatic hydroxyl groups is 2. The number of nitrogens with zero attached hydrogens (tertiary/aromatic N) is 2. The number of aliphatic carboxylic acids is 1. The molecule has 1 aliphatic rings. The van der Waals surface area contributed by atoms with Gasteiger partial charge in [0.25, 0.3) is 0 Å². The normalized spacial score (nSPS) is 14.5. The van der Waals surface area contributed by atoms with Gasteiger partial charge in [0.1, 0.15) is 11.5 Å². The topological polar surface area (TPSA) is 141 Å². The van der Waals surface area contributed by atoms with Gasteiger partial charge in [-0.15, -0.1) is 0 Å². The lowest BCUT2D eigenvalue weighted by molar-refractivity contribution is -0.139. The molecule has 0 amide bonds. The summed E-state index contributed by atoms with van der Waals surface area (Å²) in [6, 6.07) is 7.74. The Kier molecular flexibility index (Phi) is 8.52. The first-order chi connectivity index (χ1) is 18.5. The van der Waals surface area contributed by atoms with Crippen LogP contribution >= 0.6 is 0 Å². The van der Waals surface area contributed by atoms with Crippen LogP contribution in [0, 0.1) is 5.82 Å². The average molecular weight is 535 g/mol. The number of aliphatic hydroxyl groups excluding tert-OH is 2. The van der Waals surface area contributed by atoms with Gasteiger partial charge >= 0.3 is 11.9 Å². The molecule has 3 aromatic rings. The van der Waals surface area contributed by atoms with Crippen LogP contribution in [0.1, 0.15) is 71.9 Å². The molecule has 0 saturated carbocycles. The first-order valence-electron chi connectivity index (χ1n) is 12.9. The second kappa shape index (κ2) is 11.8. The Morgan fingerprint density at radius 1 is 1.10 bits per heavy atom. The van der Waals surface area contributed by atoms with Crippen molar-refractivity contribution in [1.82, 2.24) is 9.97 Å². The van der Waals surface area contributed by atoms with E-state index in [9.17, 15) is 29.3 Å². The second-order valence-electron chi connectivity index (χ2n) is 10.1. The first-order valence-corrected chi connectivity index (χ1v) is 12.9. The molecular weight excluding hydrogens is 503 g/mol. The maximum atomic E-state index is 13.9. The van der Waals surface area contributed by atoms with Crippen LogP contribution in [-0.2, 0) is 17.6 Å². The summed E-state index contributed by atoms with van der Waals surface area (Å²) in [6.45, 7) is 3.97. The molecule has 0 aliphatic heterocycles. The van der Waals surface area contributed by atoms with Gasteiger partial charge in [0.2, 0.25) is 0 Å². The van der Waals surface area contributed by atoms with Crippen LogP contribution in [0.25, 0.3) is 28.5 Å². The van der Waals surface area contributed by atoms with E-state index in [2.05, 4.69) is 4.98 Å². The molecule has 0 fully saturated rings. The fraction of sp³-hybridized carbons (Fsp3) is 0.333. The van der Waals surface area contributed by atoms with Crippen LogP contribution in [0.3, 0.4) is 0 Å². The van der Waals surface area contributed by atoms with Crippen LogP contribution in [0.2, 0.25) is 0 Å². The number of aromatic nitrogens is 2. The highest BCUT2D eigenvalue weighted by molar-refractivity contribution is 5.88. The van der Waals surface area contributed by atoms with Gasteiger partial charge in [-0.05, 0) is 65.6 Å². The van der Waals surface area contributed by atoms with Gasteiger partial charge in [0.05, 0.1) is 30.0 Å². The van der Waals surface area contributed by atoms with Crippen LogP contribution in [0.15, 0.2) is 42.6 Å². The minimum absolute atomic E-state index is 0.0290. The number of benzene rings is 1. The van der Waals surface area contributed by atoms with Gasteiger partial charge in [-0.2, -0.15) is 0 Å². The number of carboxylic acid groups (broad SMARTS) is 2. The van der Waals surface area contributed by atoms with Crippen molar-refractivity contribution in [1.29, 1.82) is 0 Å². The van der Waals surface area contributed by atoms with Gasteiger partial charge in [-0.1, -0.05) is 38.1 Å². The molecule has 2 aromatic heterocycles. The molecule has 2 heterocycles. The molecule has 1 aliphatic carbocycles. The van der Waals surface area contributed by atoms with Crippen LogP contribution < -0.4 is 0 Å². The fourth-order valence-electron chi connectivity index (χ4n) is 5.02. The van der Waals surface area contributed by atoms with E-state index >= 15 is 0 Å². The second-order valence-corrected chi connectivity index (χ2v) is 10.1. The first kappa shape index (κ1) is 28.1. The molecule has 2 atom stereocenters. The molecular formula is C30H31FN2O6. The highest BCUT2D eigenvalue weighted by Gasteiger charge is 2.26. The third-order valence-corrected chi connectivity index (χ3v) is 6.79. The van der Waals surface area contributed by atoms with E-state index in [4.69, 9.17) is 10.1 Å².